The molecule has 176 valence electrons. The molecular formula is C22H15F3N8O2. The van der Waals surface area contributed by atoms with Crippen LogP contribution in [0, 0.1) is 11.3 Å². The third-order valence-electron chi connectivity index (χ3n) is 5.34. The first-order valence-electron chi connectivity index (χ1n) is 10.1. The Labute approximate surface area is 194 Å². The molecule has 0 aliphatic carbocycles. The predicted molar refractivity (Wildman–Crippen MR) is 119 cm³/mol. The van der Waals surface area contributed by atoms with E-state index >= 15 is 0 Å². The molecular weight excluding hydrogens is 465 g/mol. The predicted octanol–water partition coefficient (Wildman–Crippen LogP) is 3.97. The van der Waals surface area contributed by atoms with Gasteiger partial charge in [-0.2, -0.15) is 23.4 Å². The van der Waals surface area contributed by atoms with Gasteiger partial charge in [-0.25, -0.2) is 9.97 Å². The molecule has 35 heavy (non-hydrogen) atoms. The van der Waals surface area contributed by atoms with Crippen LogP contribution in [-0.2, 0) is 20.3 Å². The van der Waals surface area contributed by atoms with Crippen LogP contribution in [0.3, 0.4) is 0 Å². The summed E-state index contributed by atoms with van der Waals surface area (Å²) >= 11 is 0. The average molecular weight is 480 g/mol. The molecule has 0 radical (unpaired) electrons. The summed E-state index contributed by atoms with van der Waals surface area (Å²) in [5.41, 5.74) is -0.829. The first-order chi connectivity index (χ1) is 16.7. The van der Waals surface area contributed by atoms with Crippen LogP contribution >= 0.6 is 0 Å². The van der Waals surface area contributed by atoms with E-state index in [0.29, 0.717) is 23.7 Å². The van der Waals surface area contributed by atoms with Gasteiger partial charge in [0.25, 0.3) is 5.56 Å². The van der Waals surface area contributed by atoms with Crippen molar-refractivity contribution in [1.29, 1.82) is 5.26 Å². The molecule has 0 saturated carbocycles. The van der Waals surface area contributed by atoms with Gasteiger partial charge >= 0.3 is 6.18 Å². The maximum Gasteiger partial charge on any atom is 0.417 e. The van der Waals surface area contributed by atoms with Crippen LogP contribution in [0.2, 0.25) is 0 Å². The number of H-pyrrole nitrogens is 1. The molecule has 13 heteroatoms. The Bertz CT molecular complexity index is 1710. The molecule has 0 fully saturated rings. The number of rotatable bonds is 4. The van der Waals surface area contributed by atoms with Gasteiger partial charge in [0, 0.05) is 31.9 Å². The summed E-state index contributed by atoms with van der Waals surface area (Å²) in [7, 11) is 2.76. The minimum Gasteiger partial charge on any atom is -0.453 e. The highest BCUT2D eigenvalue weighted by Crippen LogP contribution is 2.33. The number of ether oxygens (including phenoxy) is 1. The van der Waals surface area contributed by atoms with Gasteiger partial charge in [0.1, 0.15) is 34.2 Å². The number of imidazole rings is 1. The normalized spacial score (nSPS) is 11.7. The number of nitrogens with zero attached hydrogens (tertiary/aromatic N) is 6. The van der Waals surface area contributed by atoms with Crippen LogP contribution in [0.5, 0.6) is 11.5 Å². The van der Waals surface area contributed by atoms with Crippen LogP contribution in [-0.4, -0.2) is 29.1 Å². The fourth-order valence-electron chi connectivity index (χ4n) is 3.63. The molecule has 10 nitrogen and oxygen atoms in total. The maximum atomic E-state index is 13.2. The molecule has 5 aromatic heterocycles. The van der Waals surface area contributed by atoms with E-state index in [1.807, 2.05) is 6.07 Å². The molecule has 5 aromatic rings. The number of pyridine rings is 3. The van der Waals surface area contributed by atoms with E-state index in [-0.39, 0.29) is 34.1 Å². The molecule has 0 bridgehead atoms. The molecule has 0 unspecified atom stereocenters. The molecule has 0 aliphatic rings. The molecule has 0 aromatic carbocycles. The molecule has 5 heterocycles. The van der Waals surface area contributed by atoms with Gasteiger partial charge < -0.3 is 24.2 Å². The molecule has 0 saturated heterocycles. The SMILES string of the molecule is Cn1cc(C(F)(F)F)cc(Nc2nc3ncc(Oc4cnc5[nH]ccc5c4)c(C#N)c3n2C)c1=O. The molecule has 0 amide bonds. The summed E-state index contributed by atoms with van der Waals surface area (Å²) < 4.78 is 47.8. The topological polar surface area (TPSA) is 126 Å². The van der Waals surface area contributed by atoms with E-state index in [0.717, 1.165) is 9.95 Å². The number of aromatic amines is 1. The van der Waals surface area contributed by atoms with E-state index in [4.69, 9.17) is 4.74 Å². The van der Waals surface area contributed by atoms with E-state index < -0.39 is 17.3 Å². The van der Waals surface area contributed by atoms with E-state index in [2.05, 4.69) is 31.3 Å². The maximum absolute atomic E-state index is 13.2. The highest BCUT2D eigenvalue weighted by Gasteiger charge is 2.32. The number of anilines is 2. The van der Waals surface area contributed by atoms with E-state index in [1.165, 1.54) is 31.1 Å². The van der Waals surface area contributed by atoms with Gasteiger partial charge in [0.15, 0.2) is 11.4 Å². The van der Waals surface area contributed by atoms with Gasteiger partial charge in [0.2, 0.25) is 5.95 Å². The number of halogens is 3. The molecule has 0 spiro atoms. The minimum atomic E-state index is -4.64. The van der Waals surface area contributed by atoms with Crippen molar-refractivity contribution >= 4 is 33.8 Å². The highest BCUT2D eigenvalue weighted by atomic mass is 19.4. The number of fused-ring (bicyclic) bond motifs is 2. The Kier molecular flexibility index (Phi) is 4.94. The number of aryl methyl sites for hydroxylation is 2. The molecule has 0 aliphatic heterocycles. The second-order valence-corrected chi connectivity index (χ2v) is 7.65. The molecule has 0 atom stereocenters. The Morgan fingerprint density at radius 3 is 2.74 bits per heavy atom. The Balaban J connectivity index is 1.56. The van der Waals surface area contributed by atoms with Crippen molar-refractivity contribution in [3.63, 3.8) is 0 Å². The second kappa shape index (κ2) is 7.87. The van der Waals surface area contributed by atoms with Crippen molar-refractivity contribution in [1.82, 2.24) is 29.1 Å². The number of aromatic nitrogens is 6. The summed E-state index contributed by atoms with van der Waals surface area (Å²) in [6, 6.07) is 6.33. The zero-order chi connectivity index (χ0) is 24.9. The summed E-state index contributed by atoms with van der Waals surface area (Å²) in [5.74, 6) is 0.539. The fourth-order valence-corrected chi connectivity index (χ4v) is 3.63. The Hall–Kier alpha value is -4.86. The number of hydrogen-bond donors (Lipinski definition) is 2. The lowest BCUT2D eigenvalue weighted by molar-refractivity contribution is -0.138. The summed E-state index contributed by atoms with van der Waals surface area (Å²) in [6.07, 6.45) is 0.610. The lowest BCUT2D eigenvalue weighted by Gasteiger charge is -2.12. The first-order valence-corrected chi connectivity index (χ1v) is 10.1. The van der Waals surface area contributed by atoms with Crippen molar-refractivity contribution in [2.75, 3.05) is 5.32 Å². The number of alkyl halides is 3. The van der Waals surface area contributed by atoms with E-state index in [1.54, 1.807) is 12.3 Å². The Morgan fingerprint density at radius 1 is 1.20 bits per heavy atom. The third kappa shape index (κ3) is 3.80. The van der Waals surface area contributed by atoms with E-state index in [9.17, 15) is 23.2 Å². The molecule has 2 N–H and O–H groups in total. The quantitative estimate of drug-likeness (QED) is 0.399. The summed E-state index contributed by atoms with van der Waals surface area (Å²) in [4.78, 5) is 28.1. The van der Waals surface area contributed by atoms with Gasteiger partial charge in [-0.05, 0) is 18.2 Å². The zero-order valence-electron chi connectivity index (χ0n) is 18.2. The highest BCUT2D eigenvalue weighted by molar-refractivity contribution is 5.84. The summed E-state index contributed by atoms with van der Waals surface area (Å²) in [5, 5.41) is 13.3. The lowest BCUT2D eigenvalue weighted by atomic mass is 10.2. The van der Waals surface area contributed by atoms with Crippen LogP contribution in [0.1, 0.15) is 11.1 Å². The standard InChI is InChI=1S/C22H15F3N8O2/c1-32-10-12(22(23,24)25)6-15(20(32)34)30-21-31-19-17(33(21)2)14(7-26)16(9-29-19)35-13-5-11-3-4-27-18(11)28-8-13/h3-6,8-10H,1-2H3,(H,27,28)(H,29,30,31). The van der Waals surface area contributed by atoms with Crippen molar-refractivity contribution in [3.05, 3.63) is 64.5 Å². The van der Waals surface area contributed by atoms with Crippen molar-refractivity contribution < 1.29 is 17.9 Å². The Morgan fingerprint density at radius 2 is 2.00 bits per heavy atom. The summed E-state index contributed by atoms with van der Waals surface area (Å²) in [6.45, 7) is 0. The van der Waals surface area contributed by atoms with Gasteiger partial charge in [-0.1, -0.05) is 0 Å². The van der Waals surface area contributed by atoms with Crippen LogP contribution in [0.25, 0.3) is 22.2 Å². The van der Waals surface area contributed by atoms with Gasteiger partial charge in [-0.15, -0.1) is 0 Å². The van der Waals surface area contributed by atoms with Crippen molar-refractivity contribution in [3.8, 4) is 17.6 Å². The average Bonchev–Trinajstić information content (AvgIpc) is 3.40. The van der Waals surface area contributed by atoms with Crippen LogP contribution in [0.15, 0.2) is 47.8 Å². The second-order valence-electron chi connectivity index (χ2n) is 7.65. The monoisotopic (exact) mass is 480 g/mol. The third-order valence-corrected chi connectivity index (χ3v) is 5.34. The van der Waals surface area contributed by atoms with Crippen LogP contribution in [0.4, 0.5) is 24.8 Å². The van der Waals surface area contributed by atoms with Crippen molar-refractivity contribution in [2.45, 2.75) is 6.18 Å². The first kappa shape index (κ1) is 22.0. The lowest BCUT2D eigenvalue weighted by Crippen LogP contribution is -2.23. The smallest absolute Gasteiger partial charge is 0.417 e. The number of hydrogen-bond acceptors (Lipinski definition) is 7. The number of nitriles is 1. The van der Waals surface area contributed by atoms with Gasteiger partial charge in [-0.3, -0.25) is 4.79 Å². The zero-order valence-corrected chi connectivity index (χ0v) is 18.2. The minimum absolute atomic E-state index is 0.0213. The molecule has 5 rings (SSSR count). The largest absolute Gasteiger partial charge is 0.453 e. The van der Waals surface area contributed by atoms with Gasteiger partial charge in [0.05, 0.1) is 18.0 Å². The fraction of sp³-hybridized carbons (Fsp3) is 0.136. The van der Waals surface area contributed by atoms with Crippen molar-refractivity contribution in [2.24, 2.45) is 14.1 Å². The number of nitrogens with one attached hydrogen (secondary N) is 2. The van der Waals surface area contributed by atoms with Crippen LogP contribution < -0.4 is 15.6 Å².